The van der Waals surface area contributed by atoms with Crippen LogP contribution in [0.15, 0.2) is 0 Å². The molecule has 0 bridgehead atoms. The molecule has 0 aromatic carbocycles. The van der Waals surface area contributed by atoms with E-state index < -0.39 is 12.0 Å². The highest BCUT2D eigenvalue weighted by atomic mass is 16.4. The quantitative estimate of drug-likeness (QED) is 0.797. The van der Waals surface area contributed by atoms with Gasteiger partial charge < -0.3 is 10.0 Å². The minimum Gasteiger partial charge on any atom is -0.480 e. The lowest BCUT2D eigenvalue weighted by Gasteiger charge is -2.35. The van der Waals surface area contributed by atoms with E-state index in [1.165, 1.54) is 11.8 Å². The van der Waals surface area contributed by atoms with Crippen molar-refractivity contribution >= 4 is 11.9 Å². The lowest BCUT2D eigenvalue weighted by molar-refractivity contribution is -0.153. The zero-order valence-electron chi connectivity index (χ0n) is 10.3. The topological polar surface area (TPSA) is 57.6 Å². The van der Waals surface area contributed by atoms with Gasteiger partial charge in [-0.25, -0.2) is 4.79 Å². The summed E-state index contributed by atoms with van der Waals surface area (Å²) >= 11 is 0. The zero-order valence-corrected chi connectivity index (χ0v) is 10.3. The second kappa shape index (κ2) is 5.32. The Morgan fingerprint density at radius 3 is 2.06 bits per heavy atom. The van der Waals surface area contributed by atoms with Crippen LogP contribution in [-0.4, -0.2) is 34.0 Å². The smallest absolute Gasteiger partial charge is 0.326 e. The largest absolute Gasteiger partial charge is 0.480 e. The summed E-state index contributed by atoms with van der Waals surface area (Å²) < 4.78 is 0. The first-order chi connectivity index (χ1) is 7.45. The number of amides is 1. The van der Waals surface area contributed by atoms with Crippen LogP contribution in [0.3, 0.4) is 0 Å². The van der Waals surface area contributed by atoms with E-state index in [0.29, 0.717) is 0 Å². The molecule has 0 radical (unpaired) electrons. The number of carboxylic acids is 1. The fourth-order valence-electron chi connectivity index (χ4n) is 2.70. The molecule has 0 spiro atoms. The van der Waals surface area contributed by atoms with Gasteiger partial charge in [0.15, 0.2) is 0 Å². The van der Waals surface area contributed by atoms with Crippen molar-refractivity contribution in [3.05, 3.63) is 0 Å². The molecule has 1 rings (SSSR count). The molecular formula is C12H21NO3. The molecule has 0 aliphatic heterocycles. The lowest BCUT2D eigenvalue weighted by Crippen LogP contribution is -2.51. The van der Waals surface area contributed by atoms with Gasteiger partial charge in [-0.2, -0.15) is 0 Å². The van der Waals surface area contributed by atoms with E-state index in [4.69, 9.17) is 0 Å². The Balaban J connectivity index is 2.89. The van der Waals surface area contributed by atoms with Crippen molar-refractivity contribution in [2.24, 2.45) is 5.92 Å². The molecule has 1 aliphatic carbocycles. The second-order valence-electron chi connectivity index (χ2n) is 4.85. The maximum atomic E-state index is 11.6. The number of nitrogens with zero attached hydrogens (tertiary/aromatic N) is 1. The predicted molar refractivity (Wildman–Crippen MR) is 61.0 cm³/mol. The SMILES string of the molecule is CC(=O)N(C(C)C)C(C(=O)O)C1CCCC1. The number of hydrogen-bond acceptors (Lipinski definition) is 2. The molecule has 16 heavy (non-hydrogen) atoms. The van der Waals surface area contributed by atoms with Crippen LogP contribution in [0.1, 0.15) is 46.5 Å². The number of rotatable bonds is 4. The molecule has 1 amide bonds. The first-order valence-corrected chi connectivity index (χ1v) is 5.97. The molecule has 1 atom stereocenters. The van der Waals surface area contributed by atoms with Crippen molar-refractivity contribution in [3.8, 4) is 0 Å². The zero-order chi connectivity index (χ0) is 12.3. The number of carbonyl (C=O) groups is 2. The average molecular weight is 227 g/mol. The number of carbonyl (C=O) groups excluding carboxylic acids is 1. The molecule has 0 aromatic rings. The third-order valence-electron chi connectivity index (χ3n) is 3.32. The summed E-state index contributed by atoms with van der Waals surface area (Å²) in [4.78, 5) is 24.4. The summed E-state index contributed by atoms with van der Waals surface area (Å²) in [5, 5.41) is 9.31. The summed E-state index contributed by atoms with van der Waals surface area (Å²) in [7, 11) is 0. The van der Waals surface area contributed by atoms with Crippen LogP contribution in [-0.2, 0) is 9.59 Å². The van der Waals surface area contributed by atoms with E-state index in [-0.39, 0.29) is 17.9 Å². The molecule has 92 valence electrons. The lowest BCUT2D eigenvalue weighted by atomic mass is 9.95. The fourth-order valence-corrected chi connectivity index (χ4v) is 2.70. The molecule has 0 aromatic heterocycles. The van der Waals surface area contributed by atoms with Gasteiger partial charge in [-0.1, -0.05) is 12.8 Å². The molecule has 0 heterocycles. The summed E-state index contributed by atoms with van der Waals surface area (Å²) in [5.41, 5.74) is 0. The molecule has 1 saturated carbocycles. The molecule has 1 fully saturated rings. The Labute approximate surface area is 96.6 Å². The summed E-state index contributed by atoms with van der Waals surface area (Å²) in [5.74, 6) is -0.881. The first-order valence-electron chi connectivity index (χ1n) is 5.97. The number of aliphatic carboxylic acids is 1. The van der Waals surface area contributed by atoms with E-state index in [1.807, 2.05) is 13.8 Å². The predicted octanol–water partition coefficient (Wildman–Crippen LogP) is 1.89. The van der Waals surface area contributed by atoms with Gasteiger partial charge in [-0.05, 0) is 32.6 Å². The summed E-state index contributed by atoms with van der Waals surface area (Å²) in [6.07, 6.45) is 4.01. The van der Waals surface area contributed by atoms with Gasteiger partial charge in [0.1, 0.15) is 6.04 Å². The van der Waals surface area contributed by atoms with Gasteiger partial charge >= 0.3 is 5.97 Å². The Bertz CT molecular complexity index is 269. The van der Waals surface area contributed by atoms with Crippen LogP contribution in [0, 0.1) is 5.92 Å². The Morgan fingerprint density at radius 2 is 1.75 bits per heavy atom. The molecule has 1 N–H and O–H groups in total. The van der Waals surface area contributed by atoms with E-state index in [2.05, 4.69) is 0 Å². The van der Waals surface area contributed by atoms with Gasteiger partial charge in [-0.15, -0.1) is 0 Å². The molecule has 1 aliphatic rings. The van der Waals surface area contributed by atoms with Crippen LogP contribution in [0.25, 0.3) is 0 Å². The number of carboxylic acid groups (broad SMARTS) is 1. The Kier molecular flexibility index (Phi) is 4.33. The summed E-state index contributed by atoms with van der Waals surface area (Å²) in [6.45, 7) is 5.18. The van der Waals surface area contributed by atoms with Gasteiger partial charge in [0.2, 0.25) is 5.91 Å². The van der Waals surface area contributed by atoms with Crippen molar-refractivity contribution < 1.29 is 14.7 Å². The van der Waals surface area contributed by atoms with Crippen molar-refractivity contribution in [2.45, 2.75) is 58.5 Å². The van der Waals surface area contributed by atoms with Gasteiger partial charge in [-0.3, -0.25) is 4.79 Å². The van der Waals surface area contributed by atoms with E-state index in [1.54, 1.807) is 0 Å². The maximum absolute atomic E-state index is 11.6. The molecule has 1 unspecified atom stereocenters. The maximum Gasteiger partial charge on any atom is 0.326 e. The van der Waals surface area contributed by atoms with Gasteiger partial charge in [0.25, 0.3) is 0 Å². The Hall–Kier alpha value is -1.06. The second-order valence-corrected chi connectivity index (χ2v) is 4.85. The summed E-state index contributed by atoms with van der Waals surface area (Å²) in [6, 6.07) is -0.695. The van der Waals surface area contributed by atoms with E-state index in [0.717, 1.165) is 25.7 Å². The van der Waals surface area contributed by atoms with Gasteiger partial charge in [0, 0.05) is 13.0 Å². The van der Waals surface area contributed by atoms with Crippen LogP contribution in [0.5, 0.6) is 0 Å². The highest BCUT2D eigenvalue weighted by molar-refractivity contribution is 5.82. The molecular weight excluding hydrogens is 206 g/mol. The standard InChI is InChI=1S/C12H21NO3/c1-8(2)13(9(3)14)11(12(15)16)10-6-4-5-7-10/h8,10-11H,4-7H2,1-3H3,(H,15,16). The van der Waals surface area contributed by atoms with Crippen LogP contribution < -0.4 is 0 Å². The minimum atomic E-state index is -0.865. The molecule has 0 saturated heterocycles. The van der Waals surface area contributed by atoms with Crippen molar-refractivity contribution in [1.29, 1.82) is 0 Å². The van der Waals surface area contributed by atoms with Gasteiger partial charge in [0.05, 0.1) is 0 Å². The van der Waals surface area contributed by atoms with Crippen LogP contribution in [0.2, 0.25) is 0 Å². The van der Waals surface area contributed by atoms with Crippen molar-refractivity contribution in [2.75, 3.05) is 0 Å². The highest BCUT2D eigenvalue weighted by Crippen LogP contribution is 2.31. The average Bonchev–Trinajstić information content (AvgIpc) is 2.64. The minimum absolute atomic E-state index is 0.0563. The highest BCUT2D eigenvalue weighted by Gasteiger charge is 2.37. The molecule has 4 heteroatoms. The normalized spacial score (nSPS) is 18.8. The fraction of sp³-hybridized carbons (Fsp3) is 0.833. The van der Waals surface area contributed by atoms with Crippen molar-refractivity contribution in [1.82, 2.24) is 4.90 Å². The first kappa shape index (κ1) is 13.0. The number of hydrogen-bond donors (Lipinski definition) is 1. The van der Waals surface area contributed by atoms with Crippen molar-refractivity contribution in [3.63, 3.8) is 0 Å². The monoisotopic (exact) mass is 227 g/mol. The Morgan fingerprint density at radius 1 is 1.25 bits per heavy atom. The van der Waals surface area contributed by atoms with Crippen LogP contribution in [0.4, 0.5) is 0 Å². The van der Waals surface area contributed by atoms with E-state index >= 15 is 0 Å². The van der Waals surface area contributed by atoms with E-state index in [9.17, 15) is 14.7 Å². The third-order valence-corrected chi connectivity index (χ3v) is 3.32. The van der Waals surface area contributed by atoms with Crippen LogP contribution >= 0.6 is 0 Å². The third kappa shape index (κ3) is 2.74. The molecule has 4 nitrogen and oxygen atoms in total.